The van der Waals surface area contributed by atoms with Gasteiger partial charge in [-0.15, -0.1) is 0 Å². The van der Waals surface area contributed by atoms with Crippen LogP contribution in [0.4, 0.5) is 0 Å². The largest absolute Gasteiger partial charge is 0.619 e. The Kier molecular flexibility index (Phi) is 3.43. The maximum atomic E-state index is 11.2. The summed E-state index contributed by atoms with van der Waals surface area (Å²) in [5.41, 5.74) is 0.454. The average molecular weight is 245 g/mol. The molecule has 2 rings (SSSR count). The van der Waals surface area contributed by atoms with Crippen molar-refractivity contribution in [2.75, 3.05) is 7.11 Å². The van der Waals surface area contributed by atoms with Gasteiger partial charge in [-0.1, -0.05) is 0 Å². The van der Waals surface area contributed by atoms with Gasteiger partial charge in [-0.2, -0.15) is 4.73 Å². The van der Waals surface area contributed by atoms with Crippen LogP contribution in [0.5, 0.6) is 11.5 Å². The highest BCUT2D eigenvalue weighted by Crippen LogP contribution is 2.20. The number of hydrogen-bond donors (Lipinski definition) is 0. The Labute approximate surface area is 104 Å². The Morgan fingerprint density at radius 1 is 1.06 bits per heavy atom. The van der Waals surface area contributed by atoms with E-state index in [9.17, 15) is 10.0 Å². The van der Waals surface area contributed by atoms with Crippen LogP contribution in [0.15, 0.2) is 48.8 Å². The minimum absolute atomic E-state index is 0.395. The molecule has 0 amide bonds. The first kappa shape index (κ1) is 11.9. The fraction of sp³-hybridized carbons (Fsp3) is 0.0769. The Hall–Kier alpha value is -2.56. The minimum atomic E-state index is -0.395. The van der Waals surface area contributed by atoms with Gasteiger partial charge in [0, 0.05) is 12.1 Å². The lowest BCUT2D eigenvalue weighted by Crippen LogP contribution is -2.23. The predicted octanol–water partition coefficient (Wildman–Crippen LogP) is 1.90. The van der Waals surface area contributed by atoms with E-state index in [2.05, 4.69) is 4.74 Å². The van der Waals surface area contributed by atoms with Crippen molar-refractivity contribution in [2.45, 2.75) is 0 Å². The summed E-state index contributed by atoms with van der Waals surface area (Å²) in [6, 6.07) is 9.65. The van der Waals surface area contributed by atoms with Gasteiger partial charge in [0.1, 0.15) is 11.5 Å². The Bertz CT molecular complexity index is 534. The number of aromatic nitrogens is 1. The molecule has 0 atom stereocenters. The lowest BCUT2D eigenvalue weighted by Gasteiger charge is -2.05. The van der Waals surface area contributed by atoms with Gasteiger partial charge in [0.2, 0.25) is 0 Å². The molecule has 0 N–H and O–H groups in total. The van der Waals surface area contributed by atoms with E-state index in [1.165, 1.54) is 19.5 Å². The molecule has 1 heterocycles. The van der Waals surface area contributed by atoms with Crippen molar-refractivity contribution in [1.29, 1.82) is 0 Å². The fourth-order valence-corrected chi connectivity index (χ4v) is 1.38. The van der Waals surface area contributed by atoms with E-state index in [0.29, 0.717) is 21.8 Å². The molecule has 5 nitrogen and oxygen atoms in total. The third-order valence-corrected chi connectivity index (χ3v) is 2.28. The molecule has 0 aliphatic heterocycles. The number of methoxy groups -OCH3 is 1. The van der Waals surface area contributed by atoms with Gasteiger partial charge in [0.05, 0.1) is 12.7 Å². The van der Waals surface area contributed by atoms with Crippen LogP contribution in [-0.2, 0) is 4.74 Å². The van der Waals surface area contributed by atoms with Gasteiger partial charge in [0.15, 0.2) is 12.4 Å². The minimum Gasteiger partial charge on any atom is -0.619 e. The van der Waals surface area contributed by atoms with Gasteiger partial charge in [-0.25, -0.2) is 4.79 Å². The highest BCUT2D eigenvalue weighted by Gasteiger charge is 2.05. The zero-order valence-corrected chi connectivity index (χ0v) is 9.70. The summed E-state index contributed by atoms with van der Waals surface area (Å²) in [5.74, 6) is 0.730. The molecule has 0 aliphatic rings. The van der Waals surface area contributed by atoms with Crippen molar-refractivity contribution >= 4 is 5.97 Å². The molecule has 18 heavy (non-hydrogen) atoms. The molecule has 0 aliphatic carbocycles. The van der Waals surface area contributed by atoms with Crippen LogP contribution in [0.2, 0.25) is 0 Å². The highest BCUT2D eigenvalue weighted by atomic mass is 16.5. The zero-order valence-electron chi connectivity index (χ0n) is 9.70. The fourth-order valence-electron chi connectivity index (χ4n) is 1.38. The first-order valence-electron chi connectivity index (χ1n) is 5.24. The molecule has 0 unspecified atom stereocenters. The standard InChI is InChI=1S/C13H11NO4/c1-17-13(15)10-2-4-11(5-3-10)18-12-6-8-14(16)9-7-12/h2-9H,1H3. The van der Waals surface area contributed by atoms with E-state index in [4.69, 9.17) is 4.74 Å². The molecular weight excluding hydrogens is 234 g/mol. The van der Waals surface area contributed by atoms with Gasteiger partial charge in [-0.3, -0.25) is 0 Å². The summed E-state index contributed by atoms with van der Waals surface area (Å²) < 4.78 is 10.8. The van der Waals surface area contributed by atoms with E-state index in [1.807, 2.05) is 0 Å². The van der Waals surface area contributed by atoms with Crippen LogP contribution in [-0.4, -0.2) is 13.1 Å². The Morgan fingerprint density at radius 2 is 1.61 bits per heavy atom. The SMILES string of the molecule is COC(=O)c1ccc(Oc2cc[n+]([O-])cc2)cc1. The second-order valence-corrected chi connectivity index (χ2v) is 3.51. The smallest absolute Gasteiger partial charge is 0.337 e. The molecule has 0 radical (unpaired) electrons. The van der Waals surface area contributed by atoms with Crippen LogP contribution in [0.1, 0.15) is 10.4 Å². The molecule has 1 aromatic heterocycles. The number of pyridine rings is 1. The molecule has 92 valence electrons. The Morgan fingerprint density at radius 3 is 2.17 bits per heavy atom. The summed E-state index contributed by atoms with van der Waals surface area (Å²) in [6.45, 7) is 0. The summed E-state index contributed by atoms with van der Waals surface area (Å²) in [7, 11) is 1.33. The second kappa shape index (κ2) is 5.18. The molecule has 0 spiro atoms. The summed E-state index contributed by atoms with van der Waals surface area (Å²) in [6.07, 6.45) is 2.69. The first-order chi connectivity index (χ1) is 8.69. The van der Waals surface area contributed by atoms with E-state index >= 15 is 0 Å². The van der Waals surface area contributed by atoms with Crippen LogP contribution in [0.3, 0.4) is 0 Å². The van der Waals surface area contributed by atoms with Gasteiger partial charge in [-0.05, 0) is 24.3 Å². The maximum Gasteiger partial charge on any atom is 0.337 e. The molecule has 0 saturated carbocycles. The van der Waals surface area contributed by atoms with Crippen molar-refractivity contribution in [3.05, 3.63) is 59.6 Å². The van der Waals surface area contributed by atoms with Gasteiger partial charge < -0.3 is 14.7 Å². The van der Waals surface area contributed by atoms with E-state index in [1.54, 1.807) is 36.4 Å². The second-order valence-electron chi connectivity index (χ2n) is 3.51. The predicted molar refractivity (Wildman–Crippen MR) is 63.3 cm³/mol. The number of benzene rings is 1. The summed E-state index contributed by atoms with van der Waals surface area (Å²) in [5, 5.41) is 10.8. The third-order valence-electron chi connectivity index (χ3n) is 2.28. The van der Waals surface area contributed by atoms with Gasteiger partial charge >= 0.3 is 5.97 Å². The molecule has 0 saturated heterocycles. The molecule has 1 aromatic carbocycles. The topological polar surface area (TPSA) is 62.5 Å². The van der Waals surface area contributed by atoms with Gasteiger partial charge in [0.25, 0.3) is 0 Å². The Balaban J connectivity index is 2.10. The first-order valence-corrected chi connectivity index (χ1v) is 5.24. The lowest BCUT2D eigenvalue weighted by atomic mass is 10.2. The van der Waals surface area contributed by atoms with E-state index < -0.39 is 5.97 Å². The number of ether oxygens (including phenoxy) is 2. The van der Waals surface area contributed by atoms with E-state index in [-0.39, 0.29) is 0 Å². The number of carbonyl (C=O) groups is 1. The zero-order chi connectivity index (χ0) is 13.0. The van der Waals surface area contributed by atoms with Crippen LogP contribution >= 0.6 is 0 Å². The molecular formula is C13H11NO4. The number of nitrogens with zero attached hydrogens (tertiary/aromatic N) is 1. The van der Waals surface area contributed by atoms with Crippen LogP contribution < -0.4 is 9.47 Å². The van der Waals surface area contributed by atoms with Crippen molar-refractivity contribution in [1.82, 2.24) is 0 Å². The summed E-state index contributed by atoms with van der Waals surface area (Å²) in [4.78, 5) is 11.2. The van der Waals surface area contributed by atoms with Crippen molar-refractivity contribution in [3.63, 3.8) is 0 Å². The van der Waals surface area contributed by atoms with E-state index in [0.717, 1.165) is 0 Å². The molecule has 0 fully saturated rings. The number of carbonyl (C=O) groups excluding carboxylic acids is 1. The maximum absolute atomic E-state index is 11.2. The van der Waals surface area contributed by atoms with Crippen molar-refractivity contribution in [2.24, 2.45) is 0 Å². The highest BCUT2D eigenvalue weighted by molar-refractivity contribution is 5.89. The van der Waals surface area contributed by atoms with Crippen molar-refractivity contribution < 1.29 is 19.0 Å². The molecule has 2 aromatic rings. The normalized spacial score (nSPS) is 9.83. The third kappa shape index (κ3) is 2.76. The molecule has 0 bridgehead atoms. The van der Waals surface area contributed by atoms with Crippen LogP contribution in [0, 0.1) is 5.21 Å². The quantitative estimate of drug-likeness (QED) is 0.470. The average Bonchev–Trinajstić information content (AvgIpc) is 2.41. The number of rotatable bonds is 3. The molecule has 5 heteroatoms. The van der Waals surface area contributed by atoms with Crippen molar-refractivity contribution in [3.8, 4) is 11.5 Å². The monoisotopic (exact) mass is 245 g/mol. The lowest BCUT2D eigenvalue weighted by molar-refractivity contribution is -0.605. The van der Waals surface area contributed by atoms with Crippen LogP contribution in [0.25, 0.3) is 0 Å². The number of hydrogen-bond acceptors (Lipinski definition) is 4. The number of esters is 1. The summed E-state index contributed by atoms with van der Waals surface area (Å²) >= 11 is 0.